The molecule has 0 atom stereocenters. The van der Waals surface area contributed by atoms with Gasteiger partial charge in [-0.25, -0.2) is 14.2 Å². The molecule has 6 nitrogen and oxygen atoms in total. The average molecular weight is 484 g/mol. The third kappa shape index (κ3) is 6.65. The lowest BCUT2D eigenvalue weighted by Gasteiger charge is -2.13. The number of benzene rings is 2. The Hall–Kier alpha value is -2.68. The van der Waals surface area contributed by atoms with Crippen LogP contribution in [-0.4, -0.2) is 25.6 Å². The Morgan fingerprint density at radius 3 is 2.45 bits per heavy atom. The maximum atomic E-state index is 14.0. The van der Waals surface area contributed by atoms with Crippen molar-refractivity contribution in [3.8, 4) is 5.75 Å². The van der Waals surface area contributed by atoms with E-state index < -0.39 is 21.9 Å². The van der Waals surface area contributed by atoms with E-state index in [4.69, 9.17) is 27.9 Å². The van der Waals surface area contributed by atoms with E-state index in [1.165, 1.54) is 18.2 Å². The lowest BCUT2D eigenvalue weighted by Crippen LogP contribution is -2.13. The number of rotatable bonds is 7. The Morgan fingerprint density at radius 1 is 1.03 bits per heavy atom. The summed E-state index contributed by atoms with van der Waals surface area (Å²) in [5.41, 5.74) is 1.26. The fraction of sp³-hybridized carbons (Fsp3) is 0.143. The second-order valence-electron chi connectivity index (χ2n) is 6.54. The lowest BCUT2D eigenvalue weighted by molar-refractivity contribution is 0.0742. The minimum absolute atomic E-state index is 0.0359. The highest BCUT2D eigenvalue weighted by molar-refractivity contribution is 7.86. The standard InChI is InChI=1S/C21H16Cl2FNO5S/c1-31(27,28)30-21(26)19-4-2-3-17(25-19)10-14-9-15(22)7-8-20(14)29-12-13-5-6-16(23)11-18(13)24/h2-9,11H,10,12H2,1H3. The molecule has 2 aromatic carbocycles. The van der Waals surface area contributed by atoms with Crippen LogP contribution in [0.25, 0.3) is 0 Å². The van der Waals surface area contributed by atoms with E-state index >= 15 is 0 Å². The number of hydrogen-bond donors (Lipinski definition) is 0. The molecule has 0 N–H and O–H groups in total. The molecule has 3 rings (SSSR count). The van der Waals surface area contributed by atoms with Gasteiger partial charge in [0.05, 0.1) is 6.26 Å². The summed E-state index contributed by atoms with van der Waals surface area (Å²) in [7, 11) is -3.96. The minimum Gasteiger partial charge on any atom is -0.489 e. The summed E-state index contributed by atoms with van der Waals surface area (Å²) in [6.45, 7) is -0.0359. The van der Waals surface area contributed by atoms with Gasteiger partial charge < -0.3 is 8.92 Å². The number of carbonyl (C=O) groups is 1. The van der Waals surface area contributed by atoms with Crippen LogP contribution in [-0.2, 0) is 27.3 Å². The zero-order valence-corrected chi connectivity index (χ0v) is 18.5. The monoisotopic (exact) mass is 483 g/mol. The first kappa shape index (κ1) is 23.0. The summed E-state index contributed by atoms with van der Waals surface area (Å²) in [5.74, 6) is -1.11. The molecule has 3 aromatic rings. The van der Waals surface area contributed by atoms with Crippen molar-refractivity contribution in [1.29, 1.82) is 0 Å². The second-order valence-corrected chi connectivity index (χ2v) is 8.99. The van der Waals surface area contributed by atoms with Crippen LogP contribution >= 0.6 is 23.2 Å². The van der Waals surface area contributed by atoms with Crippen molar-refractivity contribution in [3.05, 3.63) is 93.0 Å². The summed E-state index contributed by atoms with van der Waals surface area (Å²) in [6.07, 6.45) is 0.993. The molecule has 0 unspecified atom stereocenters. The topological polar surface area (TPSA) is 82.6 Å². The Kier molecular flexibility index (Phi) is 7.15. The van der Waals surface area contributed by atoms with Crippen molar-refractivity contribution in [2.45, 2.75) is 13.0 Å². The molecule has 1 heterocycles. The van der Waals surface area contributed by atoms with Crippen LogP contribution < -0.4 is 4.74 Å². The zero-order valence-electron chi connectivity index (χ0n) is 16.1. The molecular formula is C21H16Cl2FNO5S. The van der Waals surface area contributed by atoms with E-state index in [1.54, 1.807) is 36.4 Å². The molecule has 0 saturated carbocycles. The number of ether oxygens (including phenoxy) is 1. The molecule has 0 radical (unpaired) electrons. The molecule has 0 spiro atoms. The predicted octanol–water partition coefficient (Wildman–Crippen LogP) is 4.81. The van der Waals surface area contributed by atoms with Crippen LogP contribution in [0.3, 0.4) is 0 Å². The Balaban J connectivity index is 1.81. The third-order valence-corrected chi connectivity index (χ3v) is 4.96. The van der Waals surface area contributed by atoms with Gasteiger partial charge in [0.1, 0.15) is 23.9 Å². The first-order valence-electron chi connectivity index (χ1n) is 8.85. The Bertz CT molecular complexity index is 1230. The van der Waals surface area contributed by atoms with Crippen molar-refractivity contribution < 1.29 is 26.5 Å². The first-order chi connectivity index (χ1) is 14.6. The largest absolute Gasteiger partial charge is 0.489 e. The number of carbonyl (C=O) groups excluding carboxylic acids is 1. The molecule has 0 amide bonds. The summed E-state index contributed by atoms with van der Waals surface area (Å²) < 4.78 is 46.5. The molecule has 1 aromatic heterocycles. The molecule has 0 fully saturated rings. The van der Waals surface area contributed by atoms with Gasteiger partial charge in [-0.15, -0.1) is 0 Å². The quantitative estimate of drug-likeness (QED) is 0.448. The lowest BCUT2D eigenvalue weighted by atomic mass is 10.1. The van der Waals surface area contributed by atoms with Crippen LogP contribution in [0, 0.1) is 5.82 Å². The normalized spacial score (nSPS) is 11.2. The fourth-order valence-corrected chi connectivity index (χ4v) is 3.40. The van der Waals surface area contributed by atoms with E-state index in [2.05, 4.69) is 9.17 Å². The highest BCUT2D eigenvalue weighted by Gasteiger charge is 2.16. The van der Waals surface area contributed by atoms with Crippen LogP contribution in [0.1, 0.15) is 27.3 Å². The molecule has 162 valence electrons. The Labute approximate surface area is 188 Å². The summed E-state index contributed by atoms with van der Waals surface area (Å²) in [4.78, 5) is 16.1. The Morgan fingerprint density at radius 2 is 1.74 bits per heavy atom. The van der Waals surface area contributed by atoms with Gasteiger partial charge in [0.15, 0.2) is 0 Å². The van der Waals surface area contributed by atoms with Crippen molar-refractivity contribution in [3.63, 3.8) is 0 Å². The van der Waals surface area contributed by atoms with Gasteiger partial charge >= 0.3 is 16.1 Å². The van der Waals surface area contributed by atoms with Gasteiger partial charge in [-0.1, -0.05) is 35.3 Å². The summed E-state index contributed by atoms with van der Waals surface area (Å²) >= 11 is 11.9. The van der Waals surface area contributed by atoms with Gasteiger partial charge in [0, 0.05) is 33.3 Å². The number of pyridine rings is 1. The molecule has 0 saturated heterocycles. The van der Waals surface area contributed by atoms with E-state index in [0.717, 1.165) is 6.26 Å². The molecule has 31 heavy (non-hydrogen) atoms. The van der Waals surface area contributed by atoms with E-state index in [1.807, 2.05) is 0 Å². The van der Waals surface area contributed by atoms with Gasteiger partial charge in [0.25, 0.3) is 0 Å². The van der Waals surface area contributed by atoms with E-state index in [9.17, 15) is 17.6 Å². The van der Waals surface area contributed by atoms with Crippen molar-refractivity contribution in [2.24, 2.45) is 0 Å². The molecule has 0 aliphatic heterocycles. The maximum absolute atomic E-state index is 14.0. The first-order valence-corrected chi connectivity index (χ1v) is 11.4. The third-order valence-electron chi connectivity index (χ3n) is 4.04. The fourth-order valence-electron chi connectivity index (χ4n) is 2.69. The highest BCUT2D eigenvalue weighted by atomic mass is 35.5. The van der Waals surface area contributed by atoms with Gasteiger partial charge in [-0.2, -0.15) is 8.42 Å². The number of hydrogen-bond acceptors (Lipinski definition) is 6. The van der Waals surface area contributed by atoms with Gasteiger partial charge in [-0.05, 0) is 42.5 Å². The molecule has 0 bridgehead atoms. The number of aromatic nitrogens is 1. The van der Waals surface area contributed by atoms with E-state index in [0.29, 0.717) is 27.6 Å². The van der Waals surface area contributed by atoms with Gasteiger partial charge in [-0.3, -0.25) is 0 Å². The van der Waals surface area contributed by atoms with Gasteiger partial charge in [0.2, 0.25) is 0 Å². The highest BCUT2D eigenvalue weighted by Crippen LogP contribution is 2.27. The molecule has 0 aliphatic carbocycles. The summed E-state index contributed by atoms with van der Waals surface area (Å²) in [5, 5.41) is 0.737. The van der Waals surface area contributed by atoms with Crippen molar-refractivity contribution >= 4 is 39.3 Å². The molecule has 0 aliphatic rings. The van der Waals surface area contributed by atoms with Crippen LogP contribution in [0.15, 0.2) is 54.6 Å². The maximum Gasteiger partial charge on any atom is 0.372 e. The van der Waals surface area contributed by atoms with Crippen LogP contribution in [0.5, 0.6) is 5.75 Å². The molecule has 10 heteroatoms. The summed E-state index contributed by atoms with van der Waals surface area (Å²) in [6, 6.07) is 13.8. The minimum atomic E-state index is -3.96. The SMILES string of the molecule is CS(=O)(=O)OC(=O)c1cccc(Cc2cc(Cl)ccc2OCc2ccc(Cl)cc2F)n1. The second kappa shape index (κ2) is 9.64. The van der Waals surface area contributed by atoms with Crippen LogP contribution in [0.2, 0.25) is 10.0 Å². The van der Waals surface area contributed by atoms with Crippen molar-refractivity contribution in [1.82, 2.24) is 4.98 Å². The van der Waals surface area contributed by atoms with Crippen molar-refractivity contribution in [2.75, 3.05) is 6.26 Å². The average Bonchev–Trinajstić information content (AvgIpc) is 2.67. The van der Waals surface area contributed by atoms with Crippen LogP contribution in [0.4, 0.5) is 4.39 Å². The number of nitrogens with zero attached hydrogens (tertiary/aromatic N) is 1. The smallest absolute Gasteiger partial charge is 0.372 e. The predicted molar refractivity (Wildman–Crippen MR) is 114 cm³/mol. The molecular weight excluding hydrogens is 468 g/mol. The van der Waals surface area contributed by atoms with E-state index in [-0.39, 0.29) is 23.7 Å². The zero-order chi connectivity index (χ0) is 22.6. The number of halogens is 3.